The molecule has 0 radical (unpaired) electrons. The average Bonchev–Trinajstić information content (AvgIpc) is 2.52. The standard InChI is InChI=1S/C17H22N4O/c1-13(2)21-17(18)20-11-15-9-6-10-19-16(15)22-12-14-7-4-3-5-8-14/h3-10,13H,11-12H2,1-2H3,(H3,18,20,21). The highest BCUT2D eigenvalue weighted by Gasteiger charge is 2.05. The van der Waals surface area contributed by atoms with Crippen LogP contribution in [0.25, 0.3) is 0 Å². The minimum absolute atomic E-state index is 0.256. The second-order valence-electron chi connectivity index (χ2n) is 5.24. The van der Waals surface area contributed by atoms with Crippen LogP contribution in [0.3, 0.4) is 0 Å². The predicted molar refractivity (Wildman–Crippen MR) is 88.6 cm³/mol. The van der Waals surface area contributed by atoms with E-state index in [1.54, 1.807) is 6.20 Å². The molecule has 0 aliphatic heterocycles. The Hall–Kier alpha value is -2.56. The van der Waals surface area contributed by atoms with Gasteiger partial charge >= 0.3 is 0 Å². The topological polar surface area (TPSA) is 72.5 Å². The van der Waals surface area contributed by atoms with E-state index in [2.05, 4.69) is 15.3 Å². The van der Waals surface area contributed by atoms with Crippen LogP contribution in [0.1, 0.15) is 25.0 Å². The van der Waals surface area contributed by atoms with Gasteiger partial charge in [0.2, 0.25) is 5.88 Å². The number of nitrogens with zero attached hydrogens (tertiary/aromatic N) is 2. The first-order valence-electron chi connectivity index (χ1n) is 7.32. The summed E-state index contributed by atoms with van der Waals surface area (Å²) in [4.78, 5) is 8.59. The van der Waals surface area contributed by atoms with Gasteiger partial charge in [-0.25, -0.2) is 9.98 Å². The Morgan fingerprint density at radius 2 is 2.00 bits per heavy atom. The van der Waals surface area contributed by atoms with Gasteiger partial charge in [0.15, 0.2) is 5.96 Å². The van der Waals surface area contributed by atoms with Crippen molar-refractivity contribution in [2.24, 2.45) is 10.7 Å². The number of guanidine groups is 1. The lowest BCUT2D eigenvalue weighted by molar-refractivity contribution is 0.290. The molecule has 0 spiro atoms. The van der Waals surface area contributed by atoms with E-state index in [1.807, 2.05) is 56.3 Å². The van der Waals surface area contributed by atoms with Gasteiger partial charge in [-0.15, -0.1) is 0 Å². The lowest BCUT2D eigenvalue weighted by Crippen LogP contribution is -2.36. The zero-order chi connectivity index (χ0) is 15.8. The van der Waals surface area contributed by atoms with Crippen molar-refractivity contribution in [1.29, 1.82) is 0 Å². The van der Waals surface area contributed by atoms with E-state index in [4.69, 9.17) is 10.5 Å². The van der Waals surface area contributed by atoms with Crippen LogP contribution >= 0.6 is 0 Å². The summed E-state index contributed by atoms with van der Waals surface area (Å²) in [6, 6.07) is 14.1. The number of aromatic nitrogens is 1. The molecule has 1 heterocycles. The summed E-state index contributed by atoms with van der Waals surface area (Å²) in [5.74, 6) is 1.01. The number of nitrogens with one attached hydrogen (secondary N) is 1. The van der Waals surface area contributed by atoms with Crippen LogP contribution in [0.2, 0.25) is 0 Å². The SMILES string of the molecule is CC(C)NC(N)=NCc1cccnc1OCc1ccccc1. The van der Waals surface area contributed by atoms with Gasteiger partial charge in [0.05, 0.1) is 6.54 Å². The summed E-state index contributed by atoms with van der Waals surface area (Å²) in [6.45, 7) is 4.94. The Morgan fingerprint density at radius 3 is 2.73 bits per heavy atom. The van der Waals surface area contributed by atoms with Crippen molar-refractivity contribution in [2.75, 3.05) is 0 Å². The number of rotatable bonds is 6. The van der Waals surface area contributed by atoms with E-state index in [1.165, 1.54) is 0 Å². The third-order valence-corrected chi connectivity index (χ3v) is 2.92. The lowest BCUT2D eigenvalue weighted by atomic mass is 10.2. The minimum Gasteiger partial charge on any atom is -0.473 e. The normalized spacial score (nSPS) is 11.5. The van der Waals surface area contributed by atoms with Crippen LogP contribution in [-0.4, -0.2) is 17.0 Å². The fraction of sp³-hybridized carbons (Fsp3) is 0.294. The zero-order valence-electron chi connectivity index (χ0n) is 13.0. The molecule has 0 unspecified atom stereocenters. The Bertz CT molecular complexity index is 611. The van der Waals surface area contributed by atoms with Gasteiger partial charge in [-0.1, -0.05) is 36.4 Å². The lowest BCUT2D eigenvalue weighted by Gasteiger charge is -2.11. The van der Waals surface area contributed by atoms with E-state index in [9.17, 15) is 0 Å². The van der Waals surface area contributed by atoms with Crippen LogP contribution in [-0.2, 0) is 13.2 Å². The predicted octanol–water partition coefficient (Wildman–Crippen LogP) is 2.47. The van der Waals surface area contributed by atoms with Crippen molar-refractivity contribution in [1.82, 2.24) is 10.3 Å². The van der Waals surface area contributed by atoms with Crippen molar-refractivity contribution in [3.8, 4) is 5.88 Å². The van der Waals surface area contributed by atoms with Gasteiger partial charge in [0, 0.05) is 17.8 Å². The molecule has 1 aromatic heterocycles. The van der Waals surface area contributed by atoms with Crippen LogP contribution in [0.15, 0.2) is 53.7 Å². The molecule has 5 heteroatoms. The molecule has 5 nitrogen and oxygen atoms in total. The summed E-state index contributed by atoms with van der Waals surface area (Å²) in [5, 5.41) is 3.06. The molecule has 1 aromatic carbocycles. The third kappa shape index (κ3) is 5.09. The first-order valence-corrected chi connectivity index (χ1v) is 7.32. The molecule has 116 valence electrons. The number of hydrogen-bond acceptors (Lipinski definition) is 3. The van der Waals surface area contributed by atoms with Gasteiger partial charge < -0.3 is 15.8 Å². The van der Waals surface area contributed by atoms with Crippen LogP contribution in [0, 0.1) is 0 Å². The van der Waals surface area contributed by atoms with Gasteiger partial charge in [-0.3, -0.25) is 0 Å². The number of nitrogens with two attached hydrogens (primary N) is 1. The van der Waals surface area contributed by atoms with Gasteiger partial charge in [0.1, 0.15) is 6.61 Å². The summed E-state index contributed by atoms with van der Waals surface area (Å²) >= 11 is 0. The molecule has 0 bridgehead atoms. The highest BCUT2D eigenvalue weighted by molar-refractivity contribution is 5.78. The largest absolute Gasteiger partial charge is 0.473 e. The van der Waals surface area contributed by atoms with Crippen molar-refractivity contribution in [3.05, 3.63) is 59.8 Å². The molecule has 0 atom stereocenters. The Balaban J connectivity index is 2.00. The van der Waals surface area contributed by atoms with Crippen LogP contribution in [0.5, 0.6) is 5.88 Å². The highest BCUT2D eigenvalue weighted by Crippen LogP contribution is 2.17. The minimum atomic E-state index is 0.256. The maximum Gasteiger partial charge on any atom is 0.218 e. The van der Waals surface area contributed by atoms with E-state index in [0.717, 1.165) is 11.1 Å². The maximum atomic E-state index is 5.82. The summed E-state index contributed by atoms with van der Waals surface area (Å²) in [5.41, 5.74) is 7.82. The van der Waals surface area contributed by atoms with Gasteiger partial charge in [-0.2, -0.15) is 0 Å². The van der Waals surface area contributed by atoms with E-state index < -0.39 is 0 Å². The molecular weight excluding hydrogens is 276 g/mol. The Morgan fingerprint density at radius 1 is 1.23 bits per heavy atom. The summed E-state index contributed by atoms with van der Waals surface area (Å²) in [6.07, 6.45) is 1.71. The first kappa shape index (κ1) is 15.8. The van der Waals surface area contributed by atoms with Gasteiger partial charge in [0.25, 0.3) is 0 Å². The second kappa shape index (κ2) is 8.02. The quantitative estimate of drug-likeness (QED) is 0.635. The number of benzene rings is 1. The highest BCUT2D eigenvalue weighted by atomic mass is 16.5. The molecule has 2 rings (SSSR count). The van der Waals surface area contributed by atoms with Crippen LogP contribution in [0.4, 0.5) is 0 Å². The molecule has 22 heavy (non-hydrogen) atoms. The zero-order valence-corrected chi connectivity index (χ0v) is 13.0. The summed E-state index contributed by atoms with van der Waals surface area (Å²) in [7, 11) is 0. The Labute approximate surface area is 131 Å². The van der Waals surface area contributed by atoms with Crippen molar-refractivity contribution >= 4 is 5.96 Å². The first-order chi connectivity index (χ1) is 10.6. The molecule has 0 saturated heterocycles. The van der Waals surface area contributed by atoms with E-state index >= 15 is 0 Å². The fourth-order valence-electron chi connectivity index (χ4n) is 1.91. The molecule has 0 fully saturated rings. The van der Waals surface area contributed by atoms with E-state index in [-0.39, 0.29) is 6.04 Å². The molecular formula is C17H22N4O. The molecule has 3 N–H and O–H groups in total. The fourth-order valence-corrected chi connectivity index (χ4v) is 1.91. The molecule has 0 aliphatic rings. The molecule has 2 aromatic rings. The van der Waals surface area contributed by atoms with Crippen molar-refractivity contribution < 1.29 is 4.74 Å². The molecule has 0 aliphatic carbocycles. The van der Waals surface area contributed by atoms with E-state index in [0.29, 0.717) is 25.0 Å². The van der Waals surface area contributed by atoms with Gasteiger partial charge in [-0.05, 0) is 25.5 Å². The maximum absolute atomic E-state index is 5.82. The number of ether oxygens (including phenoxy) is 1. The number of pyridine rings is 1. The molecule has 0 saturated carbocycles. The van der Waals surface area contributed by atoms with Crippen molar-refractivity contribution in [3.63, 3.8) is 0 Å². The summed E-state index contributed by atoms with van der Waals surface area (Å²) < 4.78 is 5.79. The van der Waals surface area contributed by atoms with Crippen molar-refractivity contribution in [2.45, 2.75) is 33.0 Å². The monoisotopic (exact) mass is 298 g/mol. The second-order valence-corrected chi connectivity index (χ2v) is 5.24. The average molecular weight is 298 g/mol. The van der Waals surface area contributed by atoms with Crippen LogP contribution < -0.4 is 15.8 Å². The smallest absolute Gasteiger partial charge is 0.218 e. The number of aliphatic imine (C=N–C) groups is 1. The molecule has 0 amide bonds. The Kier molecular flexibility index (Phi) is 5.77. The number of hydrogen-bond donors (Lipinski definition) is 2. The third-order valence-electron chi connectivity index (χ3n) is 2.92.